The van der Waals surface area contributed by atoms with Crippen LogP contribution in [0.3, 0.4) is 0 Å². The summed E-state index contributed by atoms with van der Waals surface area (Å²) >= 11 is 0. The molecule has 8 heteroatoms. The molecule has 0 atom stereocenters. The average molecular weight is 404 g/mol. The molecule has 1 fully saturated rings. The van der Waals surface area contributed by atoms with Gasteiger partial charge >= 0.3 is 0 Å². The maximum Gasteiger partial charge on any atom is 0.261 e. The SMILES string of the molecule is O=C(NCCCN1CCOCC1)c1cccc(NS(=O)(=O)c2ccccc2)c1. The van der Waals surface area contributed by atoms with Crippen molar-refractivity contribution in [3.05, 3.63) is 60.2 Å². The van der Waals surface area contributed by atoms with Gasteiger partial charge in [0.15, 0.2) is 0 Å². The molecule has 2 aromatic carbocycles. The number of hydrogen-bond donors (Lipinski definition) is 2. The van der Waals surface area contributed by atoms with Crippen molar-refractivity contribution in [2.45, 2.75) is 11.3 Å². The van der Waals surface area contributed by atoms with E-state index in [-0.39, 0.29) is 10.8 Å². The van der Waals surface area contributed by atoms with Gasteiger partial charge in [0.2, 0.25) is 0 Å². The maximum absolute atomic E-state index is 12.4. The van der Waals surface area contributed by atoms with E-state index in [0.717, 1.165) is 39.3 Å². The van der Waals surface area contributed by atoms with Gasteiger partial charge in [-0.2, -0.15) is 0 Å². The molecule has 7 nitrogen and oxygen atoms in total. The summed E-state index contributed by atoms with van der Waals surface area (Å²) in [6, 6.07) is 14.6. The minimum absolute atomic E-state index is 0.174. The number of anilines is 1. The predicted octanol–water partition coefficient (Wildman–Crippen LogP) is 1.94. The van der Waals surface area contributed by atoms with Crippen LogP contribution in [0.4, 0.5) is 5.69 Å². The molecule has 28 heavy (non-hydrogen) atoms. The lowest BCUT2D eigenvalue weighted by Crippen LogP contribution is -2.38. The molecule has 0 aliphatic carbocycles. The third-order valence-electron chi connectivity index (χ3n) is 4.47. The summed E-state index contributed by atoms with van der Waals surface area (Å²) in [5.74, 6) is -0.220. The smallest absolute Gasteiger partial charge is 0.261 e. The predicted molar refractivity (Wildman–Crippen MR) is 108 cm³/mol. The Balaban J connectivity index is 1.53. The van der Waals surface area contributed by atoms with Gasteiger partial charge in [-0.15, -0.1) is 0 Å². The van der Waals surface area contributed by atoms with Gasteiger partial charge in [0.1, 0.15) is 0 Å². The number of carbonyl (C=O) groups excluding carboxylic acids is 1. The highest BCUT2D eigenvalue weighted by atomic mass is 32.2. The van der Waals surface area contributed by atoms with Crippen LogP contribution < -0.4 is 10.0 Å². The van der Waals surface area contributed by atoms with Crippen LogP contribution in [0.5, 0.6) is 0 Å². The molecule has 0 bridgehead atoms. The Labute approximate surface area is 165 Å². The second kappa shape index (κ2) is 9.68. The van der Waals surface area contributed by atoms with Crippen molar-refractivity contribution in [2.75, 3.05) is 44.1 Å². The molecule has 1 aliphatic heterocycles. The molecular weight excluding hydrogens is 378 g/mol. The first-order valence-corrected chi connectivity index (χ1v) is 10.8. The molecule has 1 aliphatic rings. The number of nitrogens with one attached hydrogen (secondary N) is 2. The zero-order chi connectivity index (χ0) is 19.8. The summed E-state index contributed by atoms with van der Waals surface area (Å²) in [6.07, 6.45) is 0.853. The van der Waals surface area contributed by atoms with E-state index in [2.05, 4.69) is 14.9 Å². The maximum atomic E-state index is 12.4. The number of amides is 1. The van der Waals surface area contributed by atoms with E-state index in [4.69, 9.17) is 4.74 Å². The van der Waals surface area contributed by atoms with Crippen LogP contribution in [0.15, 0.2) is 59.5 Å². The highest BCUT2D eigenvalue weighted by Gasteiger charge is 2.15. The summed E-state index contributed by atoms with van der Waals surface area (Å²) in [4.78, 5) is 14.8. The van der Waals surface area contributed by atoms with Crippen molar-refractivity contribution in [3.8, 4) is 0 Å². The average Bonchev–Trinajstić information content (AvgIpc) is 2.72. The lowest BCUT2D eigenvalue weighted by molar-refractivity contribution is 0.0374. The molecule has 0 aromatic heterocycles. The molecule has 2 N–H and O–H groups in total. The Hall–Kier alpha value is -2.42. The van der Waals surface area contributed by atoms with Gasteiger partial charge < -0.3 is 10.1 Å². The van der Waals surface area contributed by atoms with Crippen molar-refractivity contribution in [1.29, 1.82) is 0 Å². The standard InChI is InChI=1S/C20H25N3O4S/c24-20(21-10-5-11-23-12-14-27-15-13-23)17-6-4-7-18(16-17)22-28(25,26)19-8-2-1-3-9-19/h1-4,6-9,16,22H,5,10-15H2,(H,21,24). The number of benzene rings is 2. The summed E-state index contributed by atoms with van der Waals surface area (Å²) < 4.78 is 32.7. The van der Waals surface area contributed by atoms with Gasteiger partial charge in [0, 0.05) is 30.9 Å². The molecule has 2 aromatic rings. The highest BCUT2D eigenvalue weighted by molar-refractivity contribution is 7.92. The van der Waals surface area contributed by atoms with E-state index in [1.807, 2.05) is 0 Å². The summed E-state index contributed by atoms with van der Waals surface area (Å²) in [7, 11) is -3.69. The van der Waals surface area contributed by atoms with Crippen LogP contribution in [0.2, 0.25) is 0 Å². The fourth-order valence-corrected chi connectivity index (χ4v) is 4.04. The van der Waals surface area contributed by atoms with Gasteiger partial charge in [-0.3, -0.25) is 14.4 Å². The zero-order valence-corrected chi connectivity index (χ0v) is 16.5. The Kier molecular flexibility index (Phi) is 7.02. The fourth-order valence-electron chi connectivity index (χ4n) is 2.97. The number of carbonyl (C=O) groups is 1. The van der Waals surface area contributed by atoms with E-state index in [1.165, 1.54) is 18.2 Å². The van der Waals surface area contributed by atoms with Gasteiger partial charge in [0.25, 0.3) is 15.9 Å². The van der Waals surface area contributed by atoms with Crippen molar-refractivity contribution in [3.63, 3.8) is 0 Å². The van der Waals surface area contributed by atoms with Crippen LogP contribution in [0, 0.1) is 0 Å². The zero-order valence-electron chi connectivity index (χ0n) is 15.6. The Morgan fingerprint density at radius 1 is 1.04 bits per heavy atom. The molecule has 1 amide bonds. The first kappa shape index (κ1) is 20.3. The largest absolute Gasteiger partial charge is 0.379 e. The third kappa shape index (κ3) is 5.79. The molecule has 150 valence electrons. The molecule has 0 saturated carbocycles. The van der Waals surface area contributed by atoms with Crippen LogP contribution in [0.1, 0.15) is 16.8 Å². The molecular formula is C20H25N3O4S. The lowest BCUT2D eigenvalue weighted by atomic mass is 10.2. The van der Waals surface area contributed by atoms with Gasteiger partial charge in [0.05, 0.1) is 18.1 Å². The molecule has 1 saturated heterocycles. The Morgan fingerprint density at radius 3 is 2.54 bits per heavy atom. The van der Waals surface area contributed by atoms with E-state index < -0.39 is 10.0 Å². The third-order valence-corrected chi connectivity index (χ3v) is 5.87. The van der Waals surface area contributed by atoms with Crippen LogP contribution in [0.25, 0.3) is 0 Å². The molecule has 0 unspecified atom stereocenters. The molecule has 0 spiro atoms. The molecule has 0 radical (unpaired) electrons. The van der Waals surface area contributed by atoms with Crippen molar-refractivity contribution in [1.82, 2.24) is 10.2 Å². The minimum atomic E-state index is -3.69. The van der Waals surface area contributed by atoms with E-state index >= 15 is 0 Å². The number of rotatable bonds is 8. The Bertz CT molecular complexity index is 881. The van der Waals surface area contributed by atoms with Crippen LogP contribution in [-0.2, 0) is 14.8 Å². The van der Waals surface area contributed by atoms with Crippen molar-refractivity contribution in [2.24, 2.45) is 0 Å². The van der Waals surface area contributed by atoms with Crippen LogP contribution in [-0.4, -0.2) is 58.6 Å². The quantitative estimate of drug-likeness (QED) is 0.658. The number of ether oxygens (including phenoxy) is 1. The highest BCUT2D eigenvalue weighted by Crippen LogP contribution is 2.17. The number of nitrogens with zero attached hydrogens (tertiary/aromatic N) is 1. The Morgan fingerprint density at radius 2 is 1.79 bits per heavy atom. The number of sulfonamides is 1. The van der Waals surface area contributed by atoms with Crippen molar-refractivity contribution < 1.29 is 17.9 Å². The molecule has 3 rings (SSSR count). The van der Waals surface area contributed by atoms with E-state index in [9.17, 15) is 13.2 Å². The van der Waals surface area contributed by atoms with Crippen LogP contribution >= 0.6 is 0 Å². The fraction of sp³-hybridized carbons (Fsp3) is 0.350. The van der Waals surface area contributed by atoms with Gasteiger partial charge in [-0.1, -0.05) is 24.3 Å². The van der Waals surface area contributed by atoms with Gasteiger partial charge in [-0.05, 0) is 43.3 Å². The van der Waals surface area contributed by atoms with E-state index in [0.29, 0.717) is 17.8 Å². The monoisotopic (exact) mass is 403 g/mol. The molecule has 1 heterocycles. The first-order chi connectivity index (χ1) is 13.5. The minimum Gasteiger partial charge on any atom is -0.379 e. The lowest BCUT2D eigenvalue weighted by Gasteiger charge is -2.26. The van der Waals surface area contributed by atoms with E-state index in [1.54, 1.807) is 36.4 Å². The summed E-state index contributed by atoms with van der Waals surface area (Å²) in [6.45, 7) is 4.86. The van der Waals surface area contributed by atoms with Crippen molar-refractivity contribution >= 4 is 21.6 Å². The second-order valence-corrected chi connectivity index (χ2v) is 8.25. The van der Waals surface area contributed by atoms with Gasteiger partial charge in [-0.25, -0.2) is 8.42 Å². The normalized spacial score (nSPS) is 15.1. The first-order valence-electron chi connectivity index (χ1n) is 9.31. The summed E-state index contributed by atoms with van der Waals surface area (Å²) in [5.41, 5.74) is 0.768. The topological polar surface area (TPSA) is 87.7 Å². The second-order valence-electron chi connectivity index (χ2n) is 6.56. The summed E-state index contributed by atoms with van der Waals surface area (Å²) in [5, 5.41) is 2.89. The number of morpholine rings is 1. The number of hydrogen-bond acceptors (Lipinski definition) is 5.